The lowest BCUT2D eigenvalue weighted by molar-refractivity contribution is -0.116. The zero-order valence-corrected chi connectivity index (χ0v) is 11.4. The Balaban J connectivity index is 2.40. The summed E-state index contributed by atoms with van der Waals surface area (Å²) in [6.45, 7) is 2.29. The maximum Gasteiger partial charge on any atom is 0.244 e. The first kappa shape index (κ1) is 15.2. The number of carbonyl (C=O) groups excluding carboxylic acids is 1. The van der Waals surface area contributed by atoms with Crippen molar-refractivity contribution in [3.8, 4) is 5.75 Å². The summed E-state index contributed by atoms with van der Waals surface area (Å²) >= 11 is 0. The SMILES string of the molecule is CCCC(O)CNC(=O)/C=C/c1ccc(OC)cc1. The second-order valence-corrected chi connectivity index (χ2v) is 4.29. The predicted molar refractivity (Wildman–Crippen MR) is 76.0 cm³/mol. The first-order chi connectivity index (χ1) is 9.15. The first-order valence-corrected chi connectivity index (χ1v) is 6.43. The van der Waals surface area contributed by atoms with Gasteiger partial charge < -0.3 is 15.2 Å². The van der Waals surface area contributed by atoms with Gasteiger partial charge in [-0.2, -0.15) is 0 Å². The number of hydrogen-bond donors (Lipinski definition) is 2. The molecule has 2 N–H and O–H groups in total. The number of aliphatic hydroxyl groups is 1. The summed E-state index contributed by atoms with van der Waals surface area (Å²) in [6, 6.07) is 7.41. The Kier molecular flexibility index (Phi) is 6.68. The summed E-state index contributed by atoms with van der Waals surface area (Å²) in [5.74, 6) is 0.579. The zero-order valence-electron chi connectivity index (χ0n) is 11.4. The van der Waals surface area contributed by atoms with Crippen LogP contribution in [0.4, 0.5) is 0 Å². The standard InChI is InChI=1S/C15H21NO3/c1-3-4-13(17)11-16-15(18)10-7-12-5-8-14(19-2)9-6-12/h5-10,13,17H,3-4,11H2,1-2H3,(H,16,18)/b10-7+. The fourth-order valence-corrected chi connectivity index (χ4v) is 1.60. The lowest BCUT2D eigenvalue weighted by atomic mass is 10.2. The molecule has 0 aliphatic heterocycles. The van der Waals surface area contributed by atoms with Crippen molar-refractivity contribution in [1.82, 2.24) is 5.32 Å². The highest BCUT2D eigenvalue weighted by atomic mass is 16.5. The number of aliphatic hydroxyl groups excluding tert-OH is 1. The Morgan fingerprint density at radius 2 is 2.11 bits per heavy atom. The quantitative estimate of drug-likeness (QED) is 0.740. The van der Waals surface area contributed by atoms with Gasteiger partial charge in [-0.3, -0.25) is 4.79 Å². The second kappa shape index (κ2) is 8.32. The van der Waals surface area contributed by atoms with E-state index >= 15 is 0 Å². The topological polar surface area (TPSA) is 58.6 Å². The molecule has 0 saturated carbocycles. The number of hydrogen-bond acceptors (Lipinski definition) is 3. The van der Waals surface area contributed by atoms with Crippen LogP contribution in [0.25, 0.3) is 6.08 Å². The average molecular weight is 263 g/mol. The van der Waals surface area contributed by atoms with Gasteiger partial charge in [-0.25, -0.2) is 0 Å². The number of benzene rings is 1. The molecule has 4 heteroatoms. The number of nitrogens with one attached hydrogen (secondary N) is 1. The Morgan fingerprint density at radius 1 is 1.42 bits per heavy atom. The van der Waals surface area contributed by atoms with E-state index in [4.69, 9.17) is 4.74 Å². The van der Waals surface area contributed by atoms with Crippen LogP contribution in [-0.4, -0.2) is 30.8 Å². The molecule has 1 amide bonds. The molecule has 0 radical (unpaired) electrons. The molecule has 0 aliphatic carbocycles. The van der Waals surface area contributed by atoms with E-state index in [1.165, 1.54) is 6.08 Å². The molecule has 1 unspecified atom stereocenters. The third-order valence-corrected chi connectivity index (χ3v) is 2.68. The van der Waals surface area contributed by atoms with Gasteiger partial charge in [0, 0.05) is 12.6 Å². The van der Waals surface area contributed by atoms with Crippen LogP contribution in [0.15, 0.2) is 30.3 Å². The molecular weight excluding hydrogens is 242 g/mol. The molecule has 0 bridgehead atoms. The van der Waals surface area contributed by atoms with E-state index in [0.717, 1.165) is 17.7 Å². The van der Waals surface area contributed by atoms with Crippen molar-refractivity contribution < 1.29 is 14.6 Å². The maximum absolute atomic E-state index is 11.5. The molecule has 1 rings (SSSR count). The summed E-state index contributed by atoms with van der Waals surface area (Å²) in [4.78, 5) is 11.5. The fraction of sp³-hybridized carbons (Fsp3) is 0.400. The highest BCUT2D eigenvalue weighted by Gasteiger charge is 2.03. The van der Waals surface area contributed by atoms with E-state index in [-0.39, 0.29) is 5.91 Å². The number of carbonyl (C=O) groups is 1. The van der Waals surface area contributed by atoms with Crippen molar-refractivity contribution in [3.63, 3.8) is 0 Å². The summed E-state index contributed by atoms with van der Waals surface area (Å²) in [6.07, 6.45) is 4.31. The molecule has 0 saturated heterocycles. The van der Waals surface area contributed by atoms with Crippen LogP contribution < -0.4 is 10.1 Å². The smallest absolute Gasteiger partial charge is 0.244 e. The molecule has 0 spiro atoms. The van der Waals surface area contributed by atoms with Gasteiger partial charge in [0.1, 0.15) is 5.75 Å². The monoisotopic (exact) mass is 263 g/mol. The zero-order chi connectivity index (χ0) is 14.1. The van der Waals surface area contributed by atoms with Crippen LogP contribution in [0.5, 0.6) is 5.75 Å². The lowest BCUT2D eigenvalue weighted by Gasteiger charge is -2.08. The highest BCUT2D eigenvalue weighted by molar-refractivity contribution is 5.91. The van der Waals surface area contributed by atoms with E-state index in [1.807, 2.05) is 31.2 Å². The number of ether oxygens (including phenoxy) is 1. The first-order valence-electron chi connectivity index (χ1n) is 6.43. The molecule has 0 heterocycles. The number of rotatable bonds is 7. The summed E-state index contributed by atoms with van der Waals surface area (Å²) < 4.78 is 5.05. The van der Waals surface area contributed by atoms with Gasteiger partial charge in [-0.05, 0) is 30.2 Å². The van der Waals surface area contributed by atoms with E-state index in [1.54, 1.807) is 13.2 Å². The van der Waals surface area contributed by atoms with Crippen molar-refractivity contribution in [2.75, 3.05) is 13.7 Å². The van der Waals surface area contributed by atoms with Crippen LogP contribution in [-0.2, 0) is 4.79 Å². The van der Waals surface area contributed by atoms with E-state index < -0.39 is 6.10 Å². The Morgan fingerprint density at radius 3 is 2.68 bits per heavy atom. The molecule has 0 aliphatic rings. The van der Waals surface area contributed by atoms with Crippen LogP contribution >= 0.6 is 0 Å². The number of amides is 1. The van der Waals surface area contributed by atoms with Crippen molar-refractivity contribution in [2.24, 2.45) is 0 Å². The van der Waals surface area contributed by atoms with Crippen LogP contribution in [0.2, 0.25) is 0 Å². The molecule has 4 nitrogen and oxygen atoms in total. The van der Waals surface area contributed by atoms with E-state index in [2.05, 4.69) is 5.32 Å². The van der Waals surface area contributed by atoms with Crippen LogP contribution in [0, 0.1) is 0 Å². The molecule has 1 aromatic rings. The third kappa shape index (κ3) is 6.06. The molecule has 1 atom stereocenters. The summed E-state index contributed by atoms with van der Waals surface area (Å²) in [7, 11) is 1.61. The predicted octanol–water partition coefficient (Wildman–Crippen LogP) is 1.99. The van der Waals surface area contributed by atoms with Crippen LogP contribution in [0.3, 0.4) is 0 Å². The minimum Gasteiger partial charge on any atom is -0.497 e. The summed E-state index contributed by atoms with van der Waals surface area (Å²) in [5, 5.41) is 12.1. The normalized spacial score (nSPS) is 12.4. The van der Waals surface area contributed by atoms with E-state index in [0.29, 0.717) is 13.0 Å². The Hall–Kier alpha value is -1.81. The Labute approximate surface area is 114 Å². The minimum absolute atomic E-state index is 0.203. The van der Waals surface area contributed by atoms with Crippen molar-refractivity contribution >= 4 is 12.0 Å². The Bertz CT molecular complexity index is 412. The molecule has 104 valence electrons. The van der Waals surface area contributed by atoms with Gasteiger partial charge in [0.2, 0.25) is 5.91 Å². The fourth-order valence-electron chi connectivity index (χ4n) is 1.60. The average Bonchev–Trinajstić information content (AvgIpc) is 2.44. The highest BCUT2D eigenvalue weighted by Crippen LogP contribution is 2.12. The largest absolute Gasteiger partial charge is 0.497 e. The van der Waals surface area contributed by atoms with Crippen molar-refractivity contribution in [3.05, 3.63) is 35.9 Å². The molecular formula is C15H21NO3. The van der Waals surface area contributed by atoms with E-state index in [9.17, 15) is 9.90 Å². The van der Waals surface area contributed by atoms with Crippen molar-refractivity contribution in [2.45, 2.75) is 25.9 Å². The molecule has 19 heavy (non-hydrogen) atoms. The van der Waals surface area contributed by atoms with Gasteiger partial charge in [0.15, 0.2) is 0 Å². The second-order valence-electron chi connectivity index (χ2n) is 4.29. The van der Waals surface area contributed by atoms with Gasteiger partial charge in [0.05, 0.1) is 13.2 Å². The molecule has 0 aromatic heterocycles. The lowest BCUT2D eigenvalue weighted by Crippen LogP contribution is -2.30. The van der Waals surface area contributed by atoms with Crippen LogP contribution in [0.1, 0.15) is 25.3 Å². The maximum atomic E-state index is 11.5. The summed E-state index contributed by atoms with van der Waals surface area (Å²) in [5.41, 5.74) is 0.921. The molecule has 1 aromatic carbocycles. The third-order valence-electron chi connectivity index (χ3n) is 2.68. The van der Waals surface area contributed by atoms with Gasteiger partial charge >= 0.3 is 0 Å². The van der Waals surface area contributed by atoms with Gasteiger partial charge in [-0.1, -0.05) is 25.5 Å². The van der Waals surface area contributed by atoms with Gasteiger partial charge in [-0.15, -0.1) is 0 Å². The van der Waals surface area contributed by atoms with Crippen molar-refractivity contribution in [1.29, 1.82) is 0 Å². The van der Waals surface area contributed by atoms with Gasteiger partial charge in [0.25, 0.3) is 0 Å². The molecule has 0 fully saturated rings. The minimum atomic E-state index is -0.469. The number of methoxy groups -OCH3 is 1.